The molecule has 1 aliphatic rings. The minimum Gasteiger partial charge on any atom is -0.469 e. The van der Waals surface area contributed by atoms with Gasteiger partial charge in [0, 0.05) is 19.6 Å². The van der Waals surface area contributed by atoms with Crippen LogP contribution in [0.1, 0.15) is 30.3 Å². The molecule has 1 aromatic rings. The van der Waals surface area contributed by atoms with Gasteiger partial charge in [0.15, 0.2) is 11.5 Å². The van der Waals surface area contributed by atoms with Crippen LogP contribution in [-0.4, -0.2) is 48.8 Å². The van der Waals surface area contributed by atoms with Crippen molar-refractivity contribution in [3.8, 4) is 0 Å². The first-order valence-corrected chi connectivity index (χ1v) is 7.10. The average molecular weight is 292 g/mol. The zero-order valence-corrected chi connectivity index (χ0v) is 12.3. The summed E-state index contributed by atoms with van der Waals surface area (Å²) >= 11 is 0. The van der Waals surface area contributed by atoms with E-state index in [-0.39, 0.29) is 17.8 Å². The van der Waals surface area contributed by atoms with Crippen molar-refractivity contribution in [2.75, 3.05) is 31.6 Å². The first-order chi connectivity index (χ1) is 10.2. The van der Waals surface area contributed by atoms with Gasteiger partial charge < -0.3 is 15.0 Å². The number of methoxy groups -OCH3 is 1. The Morgan fingerprint density at radius 1 is 1.43 bits per heavy atom. The fourth-order valence-electron chi connectivity index (χ4n) is 2.41. The second-order valence-corrected chi connectivity index (χ2v) is 4.94. The van der Waals surface area contributed by atoms with Crippen molar-refractivity contribution in [1.82, 2.24) is 15.5 Å². The number of rotatable bonds is 4. The Hall–Kier alpha value is -2.18. The third kappa shape index (κ3) is 3.68. The molecule has 0 aromatic carbocycles. The van der Waals surface area contributed by atoms with Crippen LogP contribution in [0.25, 0.3) is 0 Å². The maximum absolute atomic E-state index is 11.6. The molecule has 21 heavy (non-hydrogen) atoms. The number of amides is 1. The topological polar surface area (TPSA) is 84.4 Å². The summed E-state index contributed by atoms with van der Waals surface area (Å²) in [4.78, 5) is 25.2. The van der Waals surface area contributed by atoms with Gasteiger partial charge in [-0.2, -0.15) is 0 Å². The van der Waals surface area contributed by atoms with Crippen molar-refractivity contribution in [3.05, 3.63) is 17.8 Å². The van der Waals surface area contributed by atoms with Crippen molar-refractivity contribution >= 4 is 17.7 Å². The van der Waals surface area contributed by atoms with Crippen LogP contribution in [0.2, 0.25) is 0 Å². The molecule has 0 aliphatic carbocycles. The standard InChI is InChI=1S/C14H20N4O3/c1-3-15-13(19)11-6-7-12(17-16-11)18-8-4-5-10(9-18)14(20)21-2/h6-7,10H,3-5,8-9H2,1-2H3,(H,15,19). The molecule has 2 heterocycles. The lowest BCUT2D eigenvalue weighted by Crippen LogP contribution is -2.39. The van der Waals surface area contributed by atoms with Gasteiger partial charge in [-0.1, -0.05) is 0 Å². The molecule has 2 rings (SSSR count). The van der Waals surface area contributed by atoms with Crippen LogP contribution in [0.5, 0.6) is 0 Å². The molecule has 0 saturated carbocycles. The molecule has 7 heteroatoms. The predicted octanol–water partition coefficient (Wildman–Crippen LogP) is 0.616. The smallest absolute Gasteiger partial charge is 0.310 e. The SMILES string of the molecule is CCNC(=O)c1ccc(N2CCCC(C(=O)OC)C2)nn1. The molecule has 1 unspecified atom stereocenters. The molecule has 0 spiro atoms. The molecule has 7 nitrogen and oxygen atoms in total. The first kappa shape index (κ1) is 15.2. The van der Waals surface area contributed by atoms with Crippen molar-refractivity contribution in [2.45, 2.75) is 19.8 Å². The lowest BCUT2D eigenvalue weighted by Gasteiger charge is -2.31. The highest BCUT2D eigenvalue weighted by Gasteiger charge is 2.27. The Labute approximate surface area is 123 Å². The number of nitrogens with one attached hydrogen (secondary N) is 1. The van der Waals surface area contributed by atoms with Crippen LogP contribution in [0.3, 0.4) is 0 Å². The van der Waals surface area contributed by atoms with E-state index in [4.69, 9.17) is 4.74 Å². The highest BCUT2D eigenvalue weighted by Crippen LogP contribution is 2.22. The van der Waals surface area contributed by atoms with Crippen molar-refractivity contribution in [2.24, 2.45) is 5.92 Å². The number of carbonyl (C=O) groups excluding carboxylic acids is 2. The molecular weight excluding hydrogens is 272 g/mol. The lowest BCUT2D eigenvalue weighted by molar-refractivity contribution is -0.145. The van der Waals surface area contributed by atoms with Crippen LogP contribution in [0.15, 0.2) is 12.1 Å². The maximum atomic E-state index is 11.6. The summed E-state index contributed by atoms with van der Waals surface area (Å²) in [7, 11) is 1.40. The van der Waals surface area contributed by atoms with Crippen LogP contribution in [0.4, 0.5) is 5.82 Å². The monoisotopic (exact) mass is 292 g/mol. The molecule has 1 saturated heterocycles. The molecule has 1 atom stereocenters. The summed E-state index contributed by atoms with van der Waals surface area (Å²) in [5, 5.41) is 10.7. The second kappa shape index (κ2) is 7.01. The molecular formula is C14H20N4O3. The Morgan fingerprint density at radius 2 is 2.24 bits per heavy atom. The van der Waals surface area contributed by atoms with Gasteiger partial charge in [-0.15, -0.1) is 10.2 Å². The molecule has 1 amide bonds. The van der Waals surface area contributed by atoms with E-state index in [1.807, 2.05) is 11.8 Å². The van der Waals surface area contributed by atoms with Gasteiger partial charge in [0.2, 0.25) is 0 Å². The molecule has 1 aliphatic heterocycles. The van der Waals surface area contributed by atoms with E-state index < -0.39 is 0 Å². The van der Waals surface area contributed by atoms with Gasteiger partial charge in [-0.3, -0.25) is 9.59 Å². The van der Waals surface area contributed by atoms with Crippen LogP contribution < -0.4 is 10.2 Å². The number of hydrogen-bond donors (Lipinski definition) is 1. The average Bonchev–Trinajstić information content (AvgIpc) is 2.54. The van der Waals surface area contributed by atoms with Crippen molar-refractivity contribution < 1.29 is 14.3 Å². The van der Waals surface area contributed by atoms with Gasteiger partial charge in [-0.25, -0.2) is 0 Å². The Kier molecular flexibility index (Phi) is 5.08. The number of anilines is 1. The van der Waals surface area contributed by atoms with Gasteiger partial charge in [-0.05, 0) is 31.9 Å². The predicted molar refractivity (Wildman–Crippen MR) is 77.0 cm³/mol. The summed E-state index contributed by atoms with van der Waals surface area (Å²) in [5.41, 5.74) is 0.294. The summed E-state index contributed by atoms with van der Waals surface area (Å²) in [6.07, 6.45) is 1.73. The third-order valence-corrected chi connectivity index (χ3v) is 3.50. The summed E-state index contributed by atoms with van der Waals surface area (Å²) < 4.78 is 4.80. The number of nitrogens with zero attached hydrogens (tertiary/aromatic N) is 3. The van der Waals surface area contributed by atoms with Crippen LogP contribution in [0, 0.1) is 5.92 Å². The molecule has 0 bridgehead atoms. The minimum absolute atomic E-state index is 0.131. The van der Waals surface area contributed by atoms with E-state index in [1.54, 1.807) is 12.1 Å². The van der Waals surface area contributed by atoms with E-state index in [0.717, 1.165) is 19.4 Å². The normalized spacial score (nSPS) is 18.2. The number of ether oxygens (including phenoxy) is 1. The number of carbonyl (C=O) groups is 2. The number of hydrogen-bond acceptors (Lipinski definition) is 6. The summed E-state index contributed by atoms with van der Waals surface area (Å²) in [6.45, 7) is 3.79. The fourth-order valence-corrected chi connectivity index (χ4v) is 2.41. The largest absolute Gasteiger partial charge is 0.469 e. The maximum Gasteiger partial charge on any atom is 0.310 e. The number of piperidine rings is 1. The Bertz CT molecular complexity index is 503. The second-order valence-electron chi connectivity index (χ2n) is 4.94. The zero-order valence-electron chi connectivity index (χ0n) is 12.3. The molecule has 0 radical (unpaired) electrons. The Balaban J connectivity index is 2.04. The van der Waals surface area contributed by atoms with Crippen LogP contribution in [-0.2, 0) is 9.53 Å². The van der Waals surface area contributed by atoms with Crippen molar-refractivity contribution in [1.29, 1.82) is 0 Å². The summed E-state index contributed by atoms with van der Waals surface area (Å²) in [5.74, 6) is 0.125. The zero-order chi connectivity index (χ0) is 15.2. The van der Waals surface area contributed by atoms with E-state index in [1.165, 1.54) is 7.11 Å². The fraction of sp³-hybridized carbons (Fsp3) is 0.571. The highest BCUT2D eigenvalue weighted by molar-refractivity contribution is 5.92. The van der Waals surface area contributed by atoms with E-state index in [9.17, 15) is 9.59 Å². The minimum atomic E-state index is -0.234. The number of esters is 1. The van der Waals surface area contributed by atoms with Crippen LogP contribution >= 0.6 is 0 Å². The molecule has 1 N–H and O–H groups in total. The van der Waals surface area contributed by atoms with Gasteiger partial charge in [0.1, 0.15) is 0 Å². The lowest BCUT2D eigenvalue weighted by atomic mass is 9.98. The van der Waals surface area contributed by atoms with Gasteiger partial charge in [0.25, 0.3) is 5.91 Å². The number of aromatic nitrogens is 2. The third-order valence-electron chi connectivity index (χ3n) is 3.50. The van der Waals surface area contributed by atoms with E-state index >= 15 is 0 Å². The molecule has 1 fully saturated rings. The van der Waals surface area contributed by atoms with E-state index in [2.05, 4.69) is 15.5 Å². The first-order valence-electron chi connectivity index (χ1n) is 7.10. The molecule has 114 valence electrons. The quantitative estimate of drug-likeness (QED) is 0.819. The summed E-state index contributed by atoms with van der Waals surface area (Å²) in [6, 6.07) is 3.41. The molecule has 1 aromatic heterocycles. The van der Waals surface area contributed by atoms with E-state index in [0.29, 0.717) is 24.6 Å². The van der Waals surface area contributed by atoms with Gasteiger partial charge in [0.05, 0.1) is 13.0 Å². The highest BCUT2D eigenvalue weighted by atomic mass is 16.5. The van der Waals surface area contributed by atoms with Crippen molar-refractivity contribution in [3.63, 3.8) is 0 Å². The van der Waals surface area contributed by atoms with Gasteiger partial charge >= 0.3 is 5.97 Å². The Morgan fingerprint density at radius 3 is 2.86 bits per heavy atom.